The van der Waals surface area contributed by atoms with E-state index in [-0.39, 0.29) is 47.4 Å². The lowest BCUT2D eigenvalue weighted by Gasteiger charge is -2.36. The molecule has 3 amide bonds. The second-order valence-corrected chi connectivity index (χ2v) is 17.0. The molecule has 15 nitrogen and oxygen atoms in total. The number of alkyl halides is 2. The second-order valence-electron chi connectivity index (χ2n) is 17.0. The Balaban J connectivity index is 0.680. The number of likely N-dealkylation sites (tertiary alicyclic amines) is 1. The number of hydrogen-bond acceptors (Lipinski definition) is 11. The van der Waals surface area contributed by atoms with Crippen molar-refractivity contribution in [3.8, 4) is 11.8 Å². The Bertz CT molecular complexity index is 2530. The van der Waals surface area contributed by atoms with Crippen LogP contribution in [0.2, 0.25) is 0 Å². The predicted molar refractivity (Wildman–Crippen MR) is 218 cm³/mol. The van der Waals surface area contributed by atoms with Crippen LogP contribution < -0.4 is 15.5 Å². The molecule has 4 aliphatic heterocycles. The van der Waals surface area contributed by atoms with E-state index < -0.39 is 23.9 Å². The van der Waals surface area contributed by atoms with Crippen molar-refractivity contribution < 1.29 is 37.1 Å². The molecule has 0 radical (unpaired) electrons. The summed E-state index contributed by atoms with van der Waals surface area (Å²) in [6.45, 7) is 4.59. The van der Waals surface area contributed by atoms with Gasteiger partial charge in [-0.1, -0.05) is 11.8 Å². The molecule has 4 aromatic heterocycles. The van der Waals surface area contributed by atoms with Gasteiger partial charge in [0.25, 0.3) is 12.3 Å². The monoisotopic (exact) mass is 835 g/mol. The minimum absolute atomic E-state index is 0.000195. The molecular weight excluding hydrogens is 789 g/mol. The van der Waals surface area contributed by atoms with Crippen LogP contribution in [0.4, 0.5) is 20.3 Å². The summed E-state index contributed by atoms with van der Waals surface area (Å²) in [6, 6.07) is 7.77. The van der Waals surface area contributed by atoms with Crippen molar-refractivity contribution in [3.05, 3.63) is 71.5 Å². The first kappa shape index (κ1) is 39.4. The van der Waals surface area contributed by atoms with E-state index in [0.717, 1.165) is 93.5 Å². The summed E-state index contributed by atoms with van der Waals surface area (Å²) in [5.74, 6) is 6.03. The van der Waals surface area contributed by atoms with Gasteiger partial charge < -0.3 is 29.0 Å². The molecular formula is C44H47F2N9O6. The third kappa shape index (κ3) is 8.11. The highest BCUT2D eigenvalue weighted by Crippen LogP contribution is 2.37. The van der Waals surface area contributed by atoms with Crippen LogP contribution in [0.1, 0.15) is 103 Å². The Labute approximate surface area is 350 Å². The second kappa shape index (κ2) is 16.6. The lowest BCUT2D eigenvalue weighted by molar-refractivity contribution is -0.134. The van der Waals surface area contributed by atoms with E-state index in [9.17, 15) is 23.2 Å². The molecule has 0 spiro atoms. The van der Waals surface area contributed by atoms with Gasteiger partial charge in [-0.2, -0.15) is 10.2 Å². The Kier molecular flexibility index (Phi) is 10.8. The average molecular weight is 836 g/mol. The number of ether oxygens (including phenoxy) is 2. The molecule has 3 atom stereocenters. The Morgan fingerprint density at radius 2 is 1.92 bits per heavy atom. The number of rotatable bonds is 10. The normalized spacial score (nSPS) is 24.8. The predicted octanol–water partition coefficient (Wildman–Crippen LogP) is 5.62. The van der Waals surface area contributed by atoms with Gasteiger partial charge in [-0.3, -0.25) is 24.4 Å². The number of morpholine rings is 1. The molecule has 2 N–H and O–H groups in total. The highest BCUT2D eigenvalue weighted by molar-refractivity contribution is 6.08. The van der Waals surface area contributed by atoms with E-state index in [0.29, 0.717) is 43.2 Å². The van der Waals surface area contributed by atoms with Gasteiger partial charge in [0.2, 0.25) is 11.8 Å². The van der Waals surface area contributed by atoms with E-state index in [1.165, 1.54) is 10.7 Å². The fourth-order valence-electron chi connectivity index (χ4n) is 9.80. The quantitative estimate of drug-likeness (QED) is 0.133. The Morgan fingerprint density at radius 3 is 2.69 bits per heavy atom. The van der Waals surface area contributed by atoms with Crippen LogP contribution >= 0.6 is 0 Å². The van der Waals surface area contributed by atoms with E-state index in [1.54, 1.807) is 23.3 Å². The summed E-state index contributed by atoms with van der Waals surface area (Å²) >= 11 is 0. The van der Waals surface area contributed by atoms with Crippen LogP contribution in [-0.4, -0.2) is 105 Å². The maximum Gasteiger partial charge on any atom is 0.284 e. The summed E-state index contributed by atoms with van der Waals surface area (Å²) < 4.78 is 49.3. The van der Waals surface area contributed by atoms with Gasteiger partial charge in [0.05, 0.1) is 55.0 Å². The lowest BCUT2D eigenvalue weighted by Crippen LogP contribution is -2.40. The topological polar surface area (TPSA) is 161 Å². The first-order valence-electron chi connectivity index (χ1n) is 21.3. The highest BCUT2D eigenvalue weighted by Gasteiger charge is 2.40. The molecule has 4 saturated heterocycles. The van der Waals surface area contributed by atoms with Crippen LogP contribution in [0.5, 0.6) is 0 Å². The number of aromatic nitrogens is 5. The van der Waals surface area contributed by atoms with Gasteiger partial charge in [0, 0.05) is 61.5 Å². The van der Waals surface area contributed by atoms with E-state index in [4.69, 9.17) is 18.9 Å². The summed E-state index contributed by atoms with van der Waals surface area (Å²) in [7, 11) is 0. The van der Waals surface area contributed by atoms with Gasteiger partial charge >= 0.3 is 0 Å². The van der Waals surface area contributed by atoms with Crippen LogP contribution in [0, 0.1) is 17.8 Å². The Morgan fingerprint density at radius 1 is 1.07 bits per heavy atom. The number of anilines is 2. The minimum atomic E-state index is -2.85. The number of piperidine rings is 2. The maximum atomic E-state index is 14.3. The zero-order chi connectivity index (χ0) is 41.6. The number of carbonyl (C=O) groups excluding carboxylic acids is 3. The van der Waals surface area contributed by atoms with Gasteiger partial charge in [-0.05, 0) is 81.5 Å². The SMILES string of the molecule is O=C1CC[C@@H](c2coc3cc(C#CCOC4CCN(CC5CCC(n6cc(NC(=O)c7cnn8ccc(N9C[C@H]%10C[C@@H]9CO%10)nc78)c(C(F)F)n6)CC5)CC4)ccc23)C(=O)N1. The number of halogens is 2. The van der Waals surface area contributed by atoms with Gasteiger partial charge in [0.15, 0.2) is 11.3 Å². The molecule has 61 heavy (non-hydrogen) atoms. The number of amides is 3. The number of nitrogens with zero attached hydrogens (tertiary/aromatic N) is 7. The number of carbonyl (C=O) groups is 3. The van der Waals surface area contributed by atoms with Crippen LogP contribution in [-0.2, 0) is 19.1 Å². The lowest BCUT2D eigenvalue weighted by atomic mass is 9.85. The fourth-order valence-corrected chi connectivity index (χ4v) is 9.80. The first-order valence-corrected chi connectivity index (χ1v) is 21.3. The fraction of sp³-hybridized carbons (Fsp3) is 0.500. The number of furan rings is 1. The summed E-state index contributed by atoms with van der Waals surface area (Å²) in [4.78, 5) is 46.9. The largest absolute Gasteiger partial charge is 0.464 e. The first-order chi connectivity index (χ1) is 29.7. The van der Waals surface area contributed by atoms with Crippen molar-refractivity contribution in [1.82, 2.24) is 34.6 Å². The molecule has 5 aromatic rings. The van der Waals surface area contributed by atoms with Crippen molar-refractivity contribution in [2.24, 2.45) is 5.92 Å². The smallest absolute Gasteiger partial charge is 0.284 e. The third-order valence-electron chi connectivity index (χ3n) is 13.1. The zero-order valence-corrected chi connectivity index (χ0v) is 33.6. The van der Waals surface area contributed by atoms with Gasteiger partial charge in [0.1, 0.15) is 23.6 Å². The van der Waals surface area contributed by atoms with E-state index >= 15 is 0 Å². The standard InChI is InChI=1S/C44H47F2N9O6/c45-41(46)40-36(48-44(58)34-20-47-54-16-13-38(49-42(34)54)53-22-31-19-29(53)24-60-31)23-55(51-40)28-6-3-27(4-7-28)21-52-14-11-30(12-15-52)59-17-1-2-26-5-8-32-35(25-61-37(32)18-26)33-9-10-39(56)50-43(33)57/h5,8,13,16,18,20,23,25,27-31,33,41H,3-4,6-7,9-12,14-15,17,19,21-22,24H2,(H,48,58)(H,50,56,57)/t27?,28?,29-,31-,33+/m1/s1. The van der Waals surface area contributed by atoms with Gasteiger partial charge in [-0.25, -0.2) is 18.3 Å². The molecule has 8 heterocycles. The summed E-state index contributed by atoms with van der Waals surface area (Å²) in [6.07, 6.45) is 10.9. The molecule has 1 aliphatic carbocycles. The average Bonchev–Trinajstić information content (AvgIpc) is 4.12. The number of hydrogen-bond donors (Lipinski definition) is 2. The number of imide groups is 1. The maximum absolute atomic E-state index is 14.3. The van der Waals surface area contributed by atoms with E-state index in [2.05, 4.69) is 42.5 Å². The number of fused-ring (bicyclic) bond motifs is 4. The third-order valence-corrected chi connectivity index (χ3v) is 13.1. The van der Waals surface area contributed by atoms with Crippen LogP contribution in [0.3, 0.4) is 0 Å². The molecule has 5 fully saturated rings. The number of benzene rings is 1. The van der Waals surface area contributed by atoms with Crippen molar-refractivity contribution >= 4 is 45.8 Å². The molecule has 10 rings (SSSR count). The van der Waals surface area contributed by atoms with Crippen molar-refractivity contribution in [2.75, 3.05) is 49.6 Å². The summed E-state index contributed by atoms with van der Waals surface area (Å²) in [5.41, 5.74) is 2.35. The Hall–Kier alpha value is -5.70. The molecule has 1 aromatic carbocycles. The van der Waals surface area contributed by atoms with Crippen molar-refractivity contribution in [3.63, 3.8) is 0 Å². The number of nitrogens with one attached hydrogen (secondary N) is 2. The molecule has 2 bridgehead atoms. The molecule has 318 valence electrons. The molecule has 5 aliphatic rings. The van der Waals surface area contributed by atoms with E-state index in [1.807, 2.05) is 24.3 Å². The summed E-state index contributed by atoms with van der Waals surface area (Å²) in [5, 5.41) is 14.5. The van der Waals surface area contributed by atoms with Crippen LogP contribution in [0.25, 0.3) is 16.6 Å². The van der Waals surface area contributed by atoms with Crippen molar-refractivity contribution in [1.29, 1.82) is 0 Å². The molecule has 0 unspecified atom stereocenters. The van der Waals surface area contributed by atoms with Crippen molar-refractivity contribution in [2.45, 2.75) is 94.4 Å². The van der Waals surface area contributed by atoms with Crippen LogP contribution in [0.15, 0.2) is 53.5 Å². The molecule has 17 heteroatoms. The highest BCUT2D eigenvalue weighted by atomic mass is 19.3. The van der Waals surface area contributed by atoms with Gasteiger partial charge in [-0.15, -0.1) is 0 Å². The zero-order valence-electron chi connectivity index (χ0n) is 33.6. The molecule has 1 saturated carbocycles. The minimum Gasteiger partial charge on any atom is -0.464 e.